The number of hydrogen-bond acceptors (Lipinski definition) is 2. The van der Waals surface area contributed by atoms with Gasteiger partial charge in [-0.15, -0.1) is 0 Å². The zero-order valence-corrected chi connectivity index (χ0v) is 19.9. The molecule has 4 rings (SSSR count). The molecule has 5 heteroatoms. The summed E-state index contributed by atoms with van der Waals surface area (Å²) in [6, 6.07) is 16.8. The Bertz CT molecular complexity index is 1040. The Morgan fingerprint density at radius 3 is 2.62 bits per heavy atom. The third-order valence-corrected chi connectivity index (χ3v) is 6.95. The maximum atomic E-state index is 12.8. The summed E-state index contributed by atoms with van der Waals surface area (Å²) in [6.07, 6.45) is 6.07. The van der Waals surface area contributed by atoms with Crippen LogP contribution in [0.2, 0.25) is 5.02 Å². The fourth-order valence-corrected chi connectivity index (χ4v) is 4.96. The van der Waals surface area contributed by atoms with Crippen LogP contribution in [0.15, 0.2) is 54.7 Å². The molecule has 170 valence electrons. The van der Waals surface area contributed by atoms with Crippen LogP contribution in [0, 0.1) is 5.92 Å². The molecule has 0 aliphatic carbocycles. The number of aromatic nitrogens is 1. The molecule has 2 heterocycles. The van der Waals surface area contributed by atoms with Crippen molar-refractivity contribution in [2.45, 2.75) is 58.7 Å². The number of carbonyl (C=O) groups is 1. The summed E-state index contributed by atoms with van der Waals surface area (Å²) >= 11 is 6.27. The Balaban J connectivity index is 1.27. The Morgan fingerprint density at radius 1 is 1.16 bits per heavy atom. The number of fused-ring (bicyclic) bond motifs is 1. The van der Waals surface area contributed by atoms with Crippen LogP contribution >= 0.6 is 11.6 Å². The number of rotatable bonds is 8. The molecule has 0 spiro atoms. The average molecular weight is 452 g/mol. The van der Waals surface area contributed by atoms with Gasteiger partial charge in [0, 0.05) is 47.2 Å². The topological polar surface area (TPSA) is 37.3 Å². The van der Waals surface area contributed by atoms with Crippen LogP contribution in [0.3, 0.4) is 0 Å². The van der Waals surface area contributed by atoms with Crippen LogP contribution in [-0.2, 0) is 24.3 Å². The molecule has 1 fully saturated rings. The molecule has 1 amide bonds. The lowest BCUT2D eigenvalue weighted by Crippen LogP contribution is -2.43. The minimum atomic E-state index is 0.122. The highest BCUT2D eigenvalue weighted by Crippen LogP contribution is 2.28. The van der Waals surface area contributed by atoms with E-state index in [1.54, 1.807) is 0 Å². The third-order valence-electron chi connectivity index (χ3n) is 6.72. The molecule has 32 heavy (non-hydrogen) atoms. The predicted molar refractivity (Wildman–Crippen MR) is 133 cm³/mol. The Labute approximate surface area is 196 Å². The Hall–Kier alpha value is -2.30. The van der Waals surface area contributed by atoms with E-state index < -0.39 is 0 Å². The maximum absolute atomic E-state index is 12.8. The van der Waals surface area contributed by atoms with E-state index in [-0.39, 0.29) is 17.9 Å². The van der Waals surface area contributed by atoms with Crippen molar-refractivity contribution in [3.63, 3.8) is 0 Å². The summed E-state index contributed by atoms with van der Waals surface area (Å²) < 4.78 is 2.29. The van der Waals surface area contributed by atoms with Crippen LogP contribution in [0.25, 0.3) is 10.9 Å². The van der Waals surface area contributed by atoms with Crippen LogP contribution in [0.4, 0.5) is 0 Å². The van der Waals surface area contributed by atoms with Crippen LogP contribution in [-0.4, -0.2) is 34.5 Å². The lowest BCUT2D eigenvalue weighted by molar-refractivity contribution is -0.127. The molecule has 1 atom stereocenters. The molecule has 0 radical (unpaired) electrons. The molecular formula is C27H34ClN3O. The van der Waals surface area contributed by atoms with Crippen molar-refractivity contribution in [3.8, 4) is 0 Å². The van der Waals surface area contributed by atoms with Gasteiger partial charge < -0.3 is 9.88 Å². The second-order valence-corrected chi connectivity index (χ2v) is 9.52. The second-order valence-electron chi connectivity index (χ2n) is 9.09. The highest BCUT2D eigenvalue weighted by molar-refractivity contribution is 6.31. The normalized spacial score (nSPS) is 16.3. The van der Waals surface area contributed by atoms with Crippen molar-refractivity contribution in [2.24, 2.45) is 5.92 Å². The number of likely N-dealkylation sites (tertiary alicyclic amines) is 1. The lowest BCUT2D eigenvalue weighted by atomic mass is 9.95. The van der Waals surface area contributed by atoms with E-state index in [2.05, 4.69) is 71.2 Å². The molecule has 1 aromatic heterocycles. The van der Waals surface area contributed by atoms with Crippen LogP contribution in [0.1, 0.15) is 44.2 Å². The Morgan fingerprint density at radius 2 is 1.91 bits per heavy atom. The van der Waals surface area contributed by atoms with E-state index >= 15 is 0 Å². The van der Waals surface area contributed by atoms with Crippen molar-refractivity contribution in [1.82, 2.24) is 14.8 Å². The van der Waals surface area contributed by atoms with Gasteiger partial charge in [0.05, 0.1) is 0 Å². The first kappa shape index (κ1) is 22.9. The van der Waals surface area contributed by atoms with Gasteiger partial charge in [-0.25, -0.2) is 0 Å². The molecule has 1 aliphatic heterocycles. The van der Waals surface area contributed by atoms with Gasteiger partial charge in [0.15, 0.2) is 0 Å². The van der Waals surface area contributed by atoms with Gasteiger partial charge in [-0.2, -0.15) is 0 Å². The van der Waals surface area contributed by atoms with E-state index in [1.165, 1.54) is 22.0 Å². The summed E-state index contributed by atoms with van der Waals surface area (Å²) in [7, 11) is 0. The monoisotopic (exact) mass is 451 g/mol. The van der Waals surface area contributed by atoms with Crippen molar-refractivity contribution in [1.29, 1.82) is 0 Å². The molecule has 2 aromatic carbocycles. The number of nitrogens with zero attached hydrogens (tertiary/aromatic N) is 2. The summed E-state index contributed by atoms with van der Waals surface area (Å²) in [5.74, 6) is 0.344. The number of nitrogens with one attached hydrogen (secondary N) is 1. The maximum Gasteiger partial charge on any atom is 0.223 e. The van der Waals surface area contributed by atoms with Gasteiger partial charge >= 0.3 is 0 Å². The minimum Gasteiger partial charge on any atom is -0.353 e. The first-order valence-electron chi connectivity index (χ1n) is 11.9. The van der Waals surface area contributed by atoms with E-state index in [4.69, 9.17) is 11.6 Å². The molecule has 1 aliphatic rings. The van der Waals surface area contributed by atoms with Gasteiger partial charge in [-0.1, -0.05) is 41.9 Å². The summed E-state index contributed by atoms with van der Waals surface area (Å²) in [5.41, 5.74) is 3.89. The predicted octanol–water partition coefficient (Wildman–Crippen LogP) is 5.66. The largest absolute Gasteiger partial charge is 0.353 e. The standard InChI is InChI=1S/C27H34ClN3O/c1-3-31-19-23(25-17-24(28)11-12-26(25)31)18-30-15-13-22(14-16-30)27(32)29-20(2)9-10-21-7-5-4-6-8-21/h4-8,11-12,17,19-20,22H,3,9-10,13-16,18H2,1-2H3,(H,29,32)/t20-/m0/s1. The zero-order valence-electron chi connectivity index (χ0n) is 19.2. The number of aryl methyl sites for hydroxylation is 2. The highest BCUT2D eigenvalue weighted by atomic mass is 35.5. The third kappa shape index (κ3) is 5.54. The van der Waals surface area contributed by atoms with Crippen LogP contribution in [0.5, 0.6) is 0 Å². The quantitative estimate of drug-likeness (QED) is 0.479. The number of benzene rings is 2. The van der Waals surface area contributed by atoms with E-state index in [1.807, 2.05) is 12.1 Å². The summed E-state index contributed by atoms with van der Waals surface area (Å²) in [6.45, 7) is 8.05. The van der Waals surface area contributed by atoms with Crippen molar-refractivity contribution in [3.05, 3.63) is 70.9 Å². The first-order chi connectivity index (χ1) is 15.5. The zero-order chi connectivity index (χ0) is 22.5. The van der Waals surface area contributed by atoms with Gasteiger partial charge in [-0.05, 0) is 81.9 Å². The van der Waals surface area contributed by atoms with Gasteiger partial charge in [0.25, 0.3) is 0 Å². The number of halogens is 1. The van der Waals surface area contributed by atoms with Crippen molar-refractivity contribution < 1.29 is 4.79 Å². The minimum absolute atomic E-state index is 0.122. The molecule has 0 saturated carbocycles. The van der Waals surface area contributed by atoms with Gasteiger partial charge in [-0.3, -0.25) is 9.69 Å². The first-order valence-corrected chi connectivity index (χ1v) is 12.2. The smallest absolute Gasteiger partial charge is 0.223 e. The molecule has 3 aromatic rings. The number of carbonyl (C=O) groups excluding carboxylic acids is 1. The number of amides is 1. The Kier molecular flexibility index (Phi) is 7.54. The fraction of sp³-hybridized carbons (Fsp3) is 0.444. The molecule has 0 unspecified atom stereocenters. The molecule has 0 bridgehead atoms. The molecular weight excluding hydrogens is 418 g/mol. The van der Waals surface area contributed by atoms with Gasteiger partial charge in [0.2, 0.25) is 5.91 Å². The van der Waals surface area contributed by atoms with Crippen molar-refractivity contribution in [2.75, 3.05) is 13.1 Å². The second kappa shape index (κ2) is 10.5. The highest BCUT2D eigenvalue weighted by Gasteiger charge is 2.26. The number of piperidine rings is 1. The van der Waals surface area contributed by atoms with Crippen LogP contribution < -0.4 is 5.32 Å². The molecule has 1 N–H and O–H groups in total. The fourth-order valence-electron chi connectivity index (χ4n) is 4.79. The van der Waals surface area contributed by atoms with E-state index in [9.17, 15) is 4.79 Å². The average Bonchev–Trinajstić information content (AvgIpc) is 3.15. The lowest BCUT2D eigenvalue weighted by Gasteiger charge is -2.31. The van der Waals surface area contributed by atoms with E-state index in [0.717, 1.165) is 56.9 Å². The van der Waals surface area contributed by atoms with E-state index in [0.29, 0.717) is 0 Å². The van der Waals surface area contributed by atoms with Gasteiger partial charge in [0.1, 0.15) is 0 Å². The van der Waals surface area contributed by atoms with Crippen molar-refractivity contribution >= 4 is 28.4 Å². The number of hydrogen-bond donors (Lipinski definition) is 1. The summed E-state index contributed by atoms with van der Waals surface area (Å²) in [4.78, 5) is 15.3. The SMILES string of the molecule is CCn1cc(CN2CCC(C(=O)N[C@@H](C)CCc3ccccc3)CC2)c2cc(Cl)ccc21. The molecule has 4 nitrogen and oxygen atoms in total. The molecule has 1 saturated heterocycles. The summed E-state index contributed by atoms with van der Waals surface area (Å²) in [5, 5.41) is 5.27.